The molecule has 29 nitrogen and oxygen atoms in total. The van der Waals surface area contributed by atoms with E-state index in [9.17, 15) is 63.2 Å². The van der Waals surface area contributed by atoms with Crippen LogP contribution < -0.4 is 52.4 Å². The van der Waals surface area contributed by atoms with E-state index in [0.29, 0.717) is 26.7 Å². The molecule has 9 heterocycles. The number of hydrogen-bond acceptors (Lipinski definition) is 25. The zero-order valence-electron chi connectivity index (χ0n) is 57.9. The van der Waals surface area contributed by atoms with Crippen molar-refractivity contribution in [1.29, 1.82) is 0 Å². The van der Waals surface area contributed by atoms with Crippen LogP contribution in [0.4, 0.5) is 21.5 Å². The summed E-state index contributed by atoms with van der Waals surface area (Å²) in [5, 5.41) is 34.8. The fraction of sp³-hybridized carbons (Fsp3) is 0.0833. The normalized spacial score (nSPS) is 13.4. The van der Waals surface area contributed by atoms with Gasteiger partial charge in [0.15, 0.2) is 4.47 Å². The molecule has 3 aliphatic rings. The number of aromatic amines is 1. The topological polar surface area (TPSA) is 433 Å². The van der Waals surface area contributed by atoms with Crippen LogP contribution in [0.2, 0.25) is 4.47 Å². The van der Waals surface area contributed by atoms with Crippen LogP contribution in [0.5, 0.6) is 11.8 Å². The molecule has 12 aromatic rings. The lowest BCUT2D eigenvalue weighted by Gasteiger charge is -2.10. The lowest BCUT2D eigenvalue weighted by molar-refractivity contribution is 0.0943. The Morgan fingerprint density at radius 2 is 0.855 bits per heavy atom. The average Bonchev–Trinajstić information content (AvgIpc) is 1.66. The first-order valence-corrected chi connectivity index (χ1v) is 39.1. The number of pyridine rings is 3. The molecule has 0 saturated heterocycles. The van der Waals surface area contributed by atoms with Gasteiger partial charge in [0, 0.05) is 97.2 Å². The maximum absolute atomic E-state index is 13.1. The van der Waals surface area contributed by atoms with Gasteiger partial charge in [-0.15, -0.1) is 34.0 Å². The number of methoxy groups -OCH3 is 2. The van der Waals surface area contributed by atoms with E-state index < -0.39 is 79.2 Å². The summed E-state index contributed by atoms with van der Waals surface area (Å²) < 4.78 is 104. The largest absolute Gasteiger partial charge is 0.490 e. The van der Waals surface area contributed by atoms with E-state index in [1.807, 2.05) is 6.07 Å². The van der Waals surface area contributed by atoms with Gasteiger partial charge in [0.25, 0.3) is 35.4 Å². The lowest BCUT2D eigenvalue weighted by atomic mass is 9.82. The second-order valence-electron chi connectivity index (χ2n) is 22.9. The third-order valence-electron chi connectivity index (χ3n) is 16.0. The summed E-state index contributed by atoms with van der Waals surface area (Å²) in [7, 11) is -11.2. The number of ether oxygens (including phenoxy) is 2. The molecule has 0 saturated carbocycles. The number of aromatic nitrogens is 6. The molecule has 0 fully saturated rings. The molecule has 38 heteroatoms. The number of nitrogens with zero attached hydrogens (tertiary/aromatic N) is 5. The predicted molar refractivity (Wildman–Crippen MR) is 407 cm³/mol. The minimum atomic E-state index is -3.94. The second-order valence-corrected chi connectivity index (χ2v) is 32.5. The zero-order chi connectivity index (χ0) is 79.3. The number of carbonyl (C=O) groups is 6. The number of hydrogen-bond donors (Lipinski definition) is 9. The number of halogens is 2. The highest BCUT2D eigenvalue weighted by molar-refractivity contribution is 7.92. The maximum Gasteiger partial charge on any atom is 0.490 e. The Hall–Kier alpha value is -12.1. The van der Waals surface area contributed by atoms with Crippen LogP contribution in [-0.2, 0) is 49.1 Å². The zero-order valence-corrected chi connectivity index (χ0v) is 62.6. The highest BCUT2D eigenvalue weighted by Crippen LogP contribution is 2.38. The van der Waals surface area contributed by atoms with E-state index in [-0.39, 0.29) is 105 Å². The minimum absolute atomic E-state index is 0.0481. The van der Waals surface area contributed by atoms with Crippen molar-refractivity contribution in [3.05, 3.63) is 264 Å². The van der Waals surface area contributed by atoms with Gasteiger partial charge in [-0.2, -0.15) is 0 Å². The number of amides is 6. The van der Waals surface area contributed by atoms with E-state index >= 15 is 0 Å². The number of alkyl halides is 1. The van der Waals surface area contributed by atoms with Crippen molar-refractivity contribution in [2.75, 3.05) is 37.3 Å². The number of fused-ring (bicyclic) bond motifs is 6. The number of nitrogens with one attached hydrogen (secondary N) is 7. The summed E-state index contributed by atoms with van der Waals surface area (Å²) in [6.45, 7) is 0.663. The van der Waals surface area contributed by atoms with Crippen LogP contribution in [0.1, 0.15) is 78.2 Å². The van der Waals surface area contributed by atoms with Gasteiger partial charge in [0.2, 0.25) is 46.8 Å². The SMILES string of the molecule is COc1ccc(-c2ncc(CNC(=O)c3ccc4c(c3)NC(=O)c3ccccc3S4(=O)=O)s2)cn1.COc1ccc(B(O)O)cn1.O=C(NCc1cnc(-c2ccc(=O)[nH]c2)s1)c1ccc2c(c1)NC(=O)c1ccccc1S2(=O)=O.O=C(NCc1cnc(Cl)s1)c1ccc2c(c1)NC(=O)c1ccccc1S2(=O)=O.[2H]CF. The van der Waals surface area contributed by atoms with Gasteiger partial charge in [-0.1, -0.05) is 54.1 Å². The first-order chi connectivity index (χ1) is 53.2. The second kappa shape index (κ2) is 34.4. The minimum Gasteiger partial charge on any atom is -0.481 e. The summed E-state index contributed by atoms with van der Waals surface area (Å²) in [4.78, 5) is 112. The lowest BCUT2D eigenvalue weighted by Crippen LogP contribution is -2.29. The van der Waals surface area contributed by atoms with Gasteiger partial charge in [-0.05, 0) is 109 Å². The fourth-order valence-electron chi connectivity index (χ4n) is 10.7. The molecule has 15 rings (SSSR count). The van der Waals surface area contributed by atoms with Crippen molar-refractivity contribution in [1.82, 2.24) is 45.9 Å². The summed E-state index contributed by atoms with van der Waals surface area (Å²) in [6.07, 6.45) is 9.45. The molecule has 6 aromatic carbocycles. The standard InChI is InChI=1S/C24H18N4O5S2.C23H16N4O5S2.C18H12ClN3O4S2.C6H8BNO3.CH3F/c1-33-21-9-7-15(11-25-21)24-27-13-16(34-24)12-26-22(29)14-6-8-20-18(10-14)28-23(30)17-4-2-3-5-19(17)35(20,31)32;28-20-8-6-14(10-24-20)23-26-12-15(33-23)11-25-21(29)13-5-7-19-17(9-13)27-22(30)16-3-1-2-4-18(16)34(19,31)32;19-18-21-9-11(27-18)8-20-16(23)10-5-6-15-13(7-10)22-17(24)12-3-1-2-4-14(12)28(15,25)26;1-11-6-3-2-5(4-8-6)7(9)10;1-2/h2-11,13H,12H2,1H3,(H,26,29)(H,28,30);1-10,12H,11H2,(H,24,28)(H,25,29)(H,27,30);1-7,9H,8H2,(H,20,23)(H,22,24);2-4,9-10H,1H3;1H3/i;;;;1D. The van der Waals surface area contributed by atoms with Crippen molar-refractivity contribution >= 4 is 140 Å². The van der Waals surface area contributed by atoms with Gasteiger partial charge in [0.1, 0.15) is 10.0 Å². The maximum atomic E-state index is 13.1. The molecule has 0 spiro atoms. The van der Waals surface area contributed by atoms with Crippen LogP contribution in [0, 0.1) is 0 Å². The van der Waals surface area contributed by atoms with Crippen molar-refractivity contribution in [2.24, 2.45) is 0 Å². The molecular weight excluding hydrogens is 1560 g/mol. The number of sulfone groups is 3. The van der Waals surface area contributed by atoms with Crippen LogP contribution in [0.15, 0.2) is 235 Å². The first kappa shape index (κ1) is 77.5. The number of thiazole rings is 3. The molecule has 3 aliphatic heterocycles. The molecule has 0 unspecified atom stereocenters. The van der Waals surface area contributed by atoms with Gasteiger partial charge in [-0.3, -0.25) is 38.0 Å². The van der Waals surface area contributed by atoms with Crippen LogP contribution in [-0.4, -0.2) is 129 Å². The third-order valence-corrected chi connectivity index (χ3v) is 24.8. The Balaban J connectivity index is 0.000000152. The molecule has 0 atom stereocenters. The first-order valence-electron chi connectivity index (χ1n) is 32.6. The van der Waals surface area contributed by atoms with E-state index in [4.69, 9.17) is 32.5 Å². The smallest absolute Gasteiger partial charge is 0.481 e. The van der Waals surface area contributed by atoms with E-state index in [1.165, 1.54) is 150 Å². The van der Waals surface area contributed by atoms with Crippen LogP contribution in [0.3, 0.4) is 0 Å². The molecule has 6 aromatic heterocycles. The molecule has 0 aliphatic carbocycles. The quantitative estimate of drug-likeness (QED) is 0.0459. The van der Waals surface area contributed by atoms with E-state index in [0.717, 1.165) is 30.8 Å². The van der Waals surface area contributed by atoms with Crippen molar-refractivity contribution in [3.63, 3.8) is 0 Å². The number of anilines is 3. The highest BCUT2D eigenvalue weighted by atomic mass is 35.5. The Bertz CT molecular complexity index is 5980. The molecule has 560 valence electrons. The monoisotopic (exact) mass is 1620 g/mol. The summed E-state index contributed by atoms with van der Waals surface area (Å²) in [5.74, 6) is -1.96. The Labute approximate surface area is 644 Å². The third kappa shape index (κ3) is 17.9. The van der Waals surface area contributed by atoms with Crippen molar-refractivity contribution in [3.8, 4) is 32.9 Å². The van der Waals surface area contributed by atoms with Gasteiger partial charge >= 0.3 is 7.12 Å². The predicted octanol–water partition coefficient (Wildman–Crippen LogP) is 8.85. The number of rotatable bonds is 14. The Morgan fingerprint density at radius 1 is 0.482 bits per heavy atom. The van der Waals surface area contributed by atoms with Crippen molar-refractivity contribution < 1.29 is 79.3 Å². The summed E-state index contributed by atoms with van der Waals surface area (Å²) in [5.41, 5.74) is 2.71. The van der Waals surface area contributed by atoms with Crippen LogP contribution in [0.25, 0.3) is 21.1 Å². The molecule has 0 radical (unpaired) electrons. The fourth-order valence-corrected chi connectivity index (χ4v) is 18.0. The number of benzene rings is 6. The van der Waals surface area contributed by atoms with E-state index in [1.54, 1.807) is 92.7 Å². The van der Waals surface area contributed by atoms with Gasteiger partial charge < -0.3 is 56.4 Å². The highest BCUT2D eigenvalue weighted by Gasteiger charge is 2.35. The number of carbonyl (C=O) groups excluding carboxylic acids is 6. The average molecular weight is 1620 g/mol. The van der Waals surface area contributed by atoms with Gasteiger partial charge in [-0.25, -0.2) is 50.2 Å². The van der Waals surface area contributed by atoms with Crippen LogP contribution >= 0.6 is 45.6 Å². The van der Waals surface area contributed by atoms with Gasteiger partial charge in [0.05, 0.1) is 106 Å². The summed E-state index contributed by atoms with van der Waals surface area (Å²) in [6, 6.07) is 40.0. The Kier molecular flexibility index (Phi) is 24.3. The number of H-pyrrole nitrogens is 1. The Morgan fingerprint density at radius 3 is 1.20 bits per heavy atom. The summed E-state index contributed by atoms with van der Waals surface area (Å²) >= 11 is 9.79. The molecular formula is C72H57BClFN12O17S6. The molecule has 9 N–H and O–H groups in total. The van der Waals surface area contributed by atoms with Crippen molar-refractivity contribution in [2.45, 2.75) is 49.0 Å². The van der Waals surface area contributed by atoms with E-state index in [2.05, 4.69) is 61.8 Å². The molecule has 6 amide bonds. The molecule has 110 heavy (non-hydrogen) atoms. The molecule has 0 bridgehead atoms.